The summed E-state index contributed by atoms with van der Waals surface area (Å²) in [7, 11) is 1.61. The summed E-state index contributed by atoms with van der Waals surface area (Å²) in [6, 6.07) is 15.0. The fourth-order valence-electron chi connectivity index (χ4n) is 3.46. The number of amides is 1. The summed E-state index contributed by atoms with van der Waals surface area (Å²) in [6.07, 6.45) is 0. The average molecular weight is 391 g/mol. The van der Waals surface area contributed by atoms with Crippen molar-refractivity contribution in [3.05, 3.63) is 71.0 Å². The van der Waals surface area contributed by atoms with Crippen molar-refractivity contribution in [3.63, 3.8) is 0 Å². The van der Waals surface area contributed by atoms with Gasteiger partial charge in [0.1, 0.15) is 0 Å². The molecule has 0 atom stereocenters. The number of benzene rings is 2. The summed E-state index contributed by atoms with van der Waals surface area (Å²) in [5.41, 5.74) is 3.21. The van der Waals surface area contributed by atoms with Crippen LogP contribution in [0.2, 0.25) is 0 Å². The highest BCUT2D eigenvalue weighted by Gasteiger charge is 2.27. The lowest BCUT2D eigenvalue weighted by molar-refractivity contribution is -0.125. The highest BCUT2D eigenvalue weighted by Crippen LogP contribution is 2.32. The van der Waals surface area contributed by atoms with Gasteiger partial charge in [0.15, 0.2) is 11.5 Å². The van der Waals surface area contributed by atoms with Crippen molar-refractivity contribution in [3.8, 4) is 17.2 Å². The van der Waals surface area contributed by atoms with E-state index in [0.717, 1.165) is 11.3 Å². The second-order valence-electron chi connectivity index (χ2n) is 6.97. The number of hydrogen-bond acceptors (Lipinski definition) is 5. The van der Waals surface area contributed by atoms with E-state index in [1.807, 2.05) is 42.5 Å². The Morgan fingerprint density at radius 3 is 2.55 bits per heavy atom. The van der Waals surface area contributed by atoms with E-state index in [4.69, 9.17) is 9.47 Å². The molecule has 1 aromatic heterocycles. The fourth-order valence-corrected chi connectivity index (χ4v) is 3.46. The summed E-state index contributed by atoms with van der Waals surface area (Å²) < 4.78 is 12.4. The van der Waals surface area contributed by atoms with Crippen molar-refractivity contribution in [2.24, 2.45) is 0 Å². The van der Waals surface area contributed by atoms with Gasteiger partial charge in [-0.15, -0.1) is 0 Å². The van der Waals surface area contributed by atoms with Crippen LogP contribution in [-0.4, -0.2) is 40.2 Å². The van der Waals surface area contributed by atoms with Gasteiger partial charge < -0.3 is 14.4 Å². The van der Waals surface area contributed by atoms with E-state index in [-0.39, 0.29) is 13.3 Å². The van der Waals surface area contributed by atoms with E-state index in [0.29, 0.717) is 28.5 Å². The SMILES string of the molecule is Cc1nn(-c2ccccc2)c(C)c1C(=O)C(=O)N(C)Cc1ccc2c(c1)OCO2. The number of hydrogen-bond donors (Lipinski definition) is 0. The molecule has 0 saturated carbocycles. The van der Waals surface area contributed by atoms with Gasteiger partial charge in [0.25, 0.3) is 11.7 Å². The maximum Gasteiger partial charge on any atom is 0.295 e. The Morgan fingerprint density at radius 2 is 1.79 bits per heavy atom. The number of fused-ring (bicyclic) bond motifs is 1. The van der Waals surface area contributed by atoms with Crippen LogP contribution in [0.5, 0.6) is 11.5 Å². The first-order chi connectivity index (χ1) is 14.0. The third-order valence-electron chi connectivity index (χ3n) is 4.92. The van der Waals surface area contributed by atoms with Crippen LogP contribution >= 0.6 is 0 Å². The molecule has 0 aliphatic carbocycles. The maximum absolute atomic E-state index is 13.0. The molecule has 29 heavy (non-hydrogen) atoms. The Morgan fingerprint density at radius 1 is 1.07 bits per heavy atom. The van der Waals surface area contributed by atoms with Gasteiger partial charge in [0.2, 0.25) is 6.79 Å². The van der Waals surface area contributed by atoms with Crippen LogP contribution in [0.3, 0.4) is 0 Å². The van der Waals surface area contributed by atoms with Crippen molar-refractivity contribution in [1.82, 2.24) is 14.7 Å². The summed E-state index contributed by atoms with van der Waals surface area (Å²) in [5, 5.41) is 4.46. The van der Waals surface area contributed by atoms with Crippen LogP contribution < -0.4 is 9.47 Å². The van der Waals surface area contributed by atoms with E-state index in [2.05, 4.69) is 5.10 Å². The number of Topliss-reactive ketones (excluding diaryl/α,β-unsaturated/α-hetero) is 1. The molecule has 0 fully saturated rings. The van der Waals surface area contributed by atoms with Gasteiger partial charge in [0, 0.05) is 13.6 Å². The van der Waals surface area contributed by atoms with E-state index >= 15 is 0 Å². The number of para-hydroxylation sites is 1. The zero-order valence-electron chi connectivity index (χ0n) is 16.5. The number of aromatic nitrogens is 2. The Balaban J connectivity index is 1.55. The molecule has 0 saturated heterocycles. The molecule has 0 spiro atoms. The lowest BCUT2D eigenvalue weighted by Crippen LogP contribution is -2.33. The van der Waals surface area contributed by atoms with Gasteiger partial charge in [-0.2, -0.15) is 5.10 Å². The minimum absolute atomic E-state index is 0.190. The standard InChI is InChI=1S/C22H21N3O4/c1-14-20(15(2)25(23-14)17-7-5-4-6-8-17)21(26)22(27)24(3)12-16-9-10-18-19(11-16)29-13-28-18/h4-11H,12-13H2,1-3H3. The van der Waals surface area contributed by atoms with E-state index in [1.165, 1.54) is 4.90 Å². The van der Waals surface area contributed by atoms with Gasteiger partial charge in [-0.05, 0) is 43.7 Å². The molecule has 2 aromatic carbocycles. The molecule has 0 bridgehead atoms. The van der Waals surface area contributed by atoms with Gasteiger partial charge >= 0.3 is 0 Å². The molecular weight excluding hydrogens is 370 g/mol. The summed E-state index contributed by atoms with van der Waals surface area (Å²) in [5.74, 6) is 0.177. The Bertz CT molecular complexity index is 1090. The molecule has 0 unspecified atom stereocenters. The largest absolute Gasteiger partial charge is 0.454 e. The van der Waals surface area contributed by atoms with Gasteiger partial charge in [0.05, 0.1) is 22.6 Å². The summed E-state index contributed by atoms with van der Waals surface area (Å²) >= 11 is 0. The number of ketones is 1. The molecular formula is C22H21N3O4. The normalized spacial score (nSPS) is 12.1. The first kappa shape index (κ1) is 18.7. The molecule has 7 heteroatoms. The maximum atomic E-state index is 13.0. The lowest BCUT2D eigenvalue weighted by atomic mass is 10.1. The highest BCUT2D eigenvalue weighted by atomic mass is 16.7. The monoisotopic (exact) mass is 391 g/mol. The fraction of sp³-hybridized carbons (Fsp3) is 0.227. The van der Waals surface area contributed by atoms with Crippen LogP contribution in [0, 0.1) is 13.8 Å². The molecule has 1 amide bonds. The molecule has 4 rings (SSSR count). The molecule has 3 aromatic rings. The quantitative estimate of drug-likeness (QED) is 0.494. The molecule has 1 aliphatic heterocycles. The molecule has 2 heterocycles. The molecule has 148 valence electrons. The van der Waals surface area contributed by atoms with Gasteiger partial charge in [-0.3, -0.25) is 9.59 Å². The first-order valence-electron chi connectivity index (χ1n) is 9.25. The molecule has 0 radical (unpaired) electrons. The number of carbonyl (C=O) groups is 2. The minimum Gasteiger partial charge on any atom is -0.454 e. The number of ether oxygens (including phenoxy) is 2. The minimum atomic E-state index is -0.582. The smallest absolute Gasteiger partial charge is 0.295 e. The van der Waals surface area contributed by atoms with Crippen molar-refractivity contribution in [2.45, 2.75) is 20.4 Å². The van der Waals surface area contributed by atoms with Crippen molar-refractivity contribution < 1.29 is 19.1 Å². The Labute approximate surface area is 168 Å². The lowest BCUT2D eigenvalue weighted by Gasteiger charge is -2.17. The molecule has 0 N–H and O–H groups in total. The highest BCUT2D eigenvalue weighted by molar-refractivity contribution is 6.43. The van der Waals surface area contributed by atoms with Crippen LogP contribution in [0.1, 0.15) is 27.3 Å². The predicted octanol–water partition coefficient (Wildman–Crippen LogP) is 3.06. The van der Waals surface area contributed by atoms with Crippen molar-refractivity contribution >= 4 is 11.7 Å². The van der Waals surface area contributed by atoms with E-state index in [1.54, 1.807) is 31.6 Å². The topological polar surface area (TPSA) is 73.7 Å². The molecule has 7 nitrogen and oxygen atoms in total. The van der Waals surface area contributed by atoms with Gasteiger partial charge in [-0.25, -0.2) is 4.68 Å². The second-order valence-corrected chi connectivity index (χ2v) is 6.97. The number of carbonyl (C=O) groups excluding carboxylic acids is 2. The third-order valence-corrected chi connectivity index (χ3v) is 4.92. The number of likely N-dealkylation sites (N-methyl/N-ethyl adjacent to an activating group) is 1. The zero-order valence-corrected chi connectivity index (χ0v) is 16.5. The predicted molar refractivity (Wildman–Crippen MR) is 106 cm³/mol. The number of nitrogens with zero attached hydrogens (tertiary/aromatic N) is 3. The van der Waals surface area contributed by atoms with Crippen LogP contribution in [-0.2, 0) is 11.3 Å². The first-order valence-corrected chi connectivity index (χ1v) is 9.25. The second kappa shape index (κ2) is 7.43. The summed E-state index contributed by atoms with van der Waals surface area (Å²) in [6.45, 7) is 4.01. The zero-order chi connectivity index (χ0) is 20.5. The third kappa shape index (κ3) is 3.47. The summed E-state index contributed by atoms with van der Waals surface area (Å²) in [4.78, 5) is 27.2. The van der Waals surface area contributed by atoms with E-state index < -0.39 is 11.7 Å². The van der Waals surface area contributed by atoms with Crippen LogP contribution in [0.15, 0.2) is 48.5 Å². The van der Waals surface area contributed by atoms with Crippen molar-refractivity contribution in [2.75, 3.05) is 13.8 Å². The Kier molecular flexibility index (Phi) is 4.80. The van der Waals surface area contributed by atoms with Gasteiger partial charge in [-0.1, -0.05) is 24.3 Å². The van der Waals surface area contributed by atoms with Crippen molar-refractivity contribution in [1.29, 1.82) is 0 Å². The average Bonchev–Trinajstić information content (AvgIpc) is 3.31. The number of rotatable bonds is 5. The van der Waals surface area contributed by atoms with E-state index in [9.17, 15) is 9.59 Å². The Hall–Kier alpha value is -3.61. The molecule has 1 aliphatic rings. The van der Waals surface area contributed by atoms with Crippen LogP contribution in [0.25, 0.3) is 5.69 Å². The van der Waals surface area contributed by atoms with Crippen LogP contribution in [0.4, 0.5) is 0 Å². The number of aryl methyl sites for hydroxylation is 1.